The van der Waals surface area contributed by atoms with Gasteiger partial charge in [-0.2, -0.15) is 4.98 Å². The lowest BCUT2D eigenvalue weighted by Crippen LogP contribution is -2.35. The Morgan fingerprint density at radius 2 is 2.19 bits per heavy atom. The van der Waals surface area contributed by atoms with Gasteiger partial charge >= 0.3 is 5.69 Å². The van der Waals surface area contributed by atoms with Crippen LogP contribution >= 0.6 is 0 Å². The number of imidazole rings is 1. The number of aliphatic hydroxyl groups excluding tert-OH is 1. The maximum atomic E-state index is 14.2. The molecule has 1 aliphatic rings. The van der Waals surface area contributed by atoms with Crippen molar-refractivity contribution in [3.05, 3.63) is 45.8 Å². The van der Waals surface area contributed by atoms with Crippen molar-refractivity contribution in [1.82, 2.24) is 19.1 Å². The molecule has 1 amide bonds. The highest BCUT2D eigenvalue weighted by atomic mass is 19.1. The zero-order valence-electron chi connectivity index (χ0n) is 17.1. The quantitative estimate of drug-likeness (QED) is 0.552. The first-order valence-electron chi connectivity index (χ1n) is 9.83. The van der Waals surface area contributed by atoms with Crippen LogP contribution in [0.15, 0.2) is 23.1 Å². The number of aliphatic hydroxyl groups is 1. The number of ether oxygens (including phenoxy) is 1. The summed E-state index contributed by atoms with van der Waals surface area (Å²) in [5, 5.41) is 12.2. The number of carbonyl (C=O) groups excluding carboxylic acids is 1. The molecule has 0 bridgehead atoms. The summed E-state index contributed by atoms with van der Waals surface area (Å²) in [6, 6.07) is 2.29. The first kappa shape index (κ1) is 20.9. The van der Waals surface area contributed by atoms with Crippen molar-refractivity contribution in [2.45, 2.75) is 31.9 Å². The normalized spacial score (nSPS) is 19.0. The zero-order chi connectivity index (χ0) is 22.3. The lowest BCUT2D eigenvalue weighted by Gasteiger charge is -2.28. The number of amides is 1. The van der Waals surface area contributed by atoms with Crippen LogP contribution in [0.2, 0.25) is 0 Å². The second kappa shape index (κ2) is 8.08. The number of nitrogens with two attached hydrogens (primary N) is 1. The molecule has 0 radical (unpaired) electrons. The van der Waals surface area contributed by atoms with E-state index >= 15 is 0 Å². The van der Waals surface area contributed by atoms with Crippen molar-refractivity contribution in [3.63, 3.8) is 0 Å². The molecule has 2 unspecified atom stereocenters. The van der Waals surface area contributed by atoms with Crippen LogP contribution in [0.4, 0.5) is 16.0 Å². The summed E-state index contributed by atoms with van der Waals surface area (Å²) in [6.07, 6.45) is 2.59. The van der Waals surface area contributed by atoms with Gasteiger partial charge in [-0.15, -0.1) is 0 Å². The topological polar surface area (TPSA) is 137 Å². The Hall–Kier alpha value is -3.31. The SMILES string of the molecule is Cc1cc(C(N)=O)c(F)cc1Nc1ncc2c(n1)n(C1CCC(CO)OC1)c(=O)n2C. The van der Waals surface area contributed by atoms with Crippen LogP contribution in [0.3, 0.4) is 0 Å². The third-order valence-electron chi connectivity index (χ3n) is 5.57. The van der Waals surface area contributed by atoms with Crippen LogP contribution in [0.5, 0.6) is 0 Å². The molecule has 4 N–H and O–H groups in total. The third kappa shape index (κ3) is 3.77. The number of hydrogen-bond acceptors (Lipinski definition) is 7. The molecule has 1 aliphatic heterocycles. The van der Waals surface area contributed by atoms with Crippen molar-refractivity contribution in [2.24, 2.45) is 12.8 Å². The molecule has 1 fully saturated rings. The minimum Gasteiger partial charge on any atom is -0.394 e. The van der Waals surface area contributed by atoms with E-state index in [1.54, 1.807) is 18.5 Å². The summed E-state index contributed by atoms with van der Waals surface area (Å²) in [5.41, 5.74) is 6.67. The number of hydrogen-bond donors (Lipinski definition) is 3. The Labute approximate surface area is 176 Å². The highest BCUT2D eigenvalue weighted by Crippen LogP contribution is 2.27. The lowest BCUT2D eigenvalue weighted by atomic mass is 10.1. The highest BCUT2D eigenvalue weighted by Gasteiger charge is 2.27. The number of primary amides is 1. The number of halogens is 1. The molecule has 164 valence electrons. The molecule has 31 heavy (non-hydrogen) atoms. The molecule has 3 aromatic rings. The number of benzene rings is 1. The standard InChI is InChI=1S/C20H23FN6O4/c1-10-5-13(17(22)29)14(21)6-15(10)24-19-23-7-16-18(25-19)27(20(30)26(16)2)11-3-4-12(8-28)31-9-11/h5-7,11-12,28H,3-4,8-9H2,1-2H3,(H2,22,29)(H,23,24,25). The Morgan fingerprint density at radius 1 is 1.42 bits per heavy atom. The summed E-state index contributed by atoms with van der Waals surface area (Å²) in [4.78, 5) is 32.9. The van der Waals surface area contributed by atoms with E-state index in [2.05, 4.69) is 15.3 Å². The van der Waals surface area contributed by atoms with Gasteiger partial charge in [0.25, 0.3) is 5.91 Å². The highest BCUT2D eigenvalue weighted by molar-refractivity contribution is 5.94. The molecule has 0 spiro atoms. The van der Waals surface area contributed by atoms with Gasteiger partial charge in [0.2, 0.25) is 5.95 Å². The van der Waals surface area contributed by atoms with E-state index in [-0.39, 0.29) is 42.6 Å². The van der Waals surface area contributed by atoms with Gasteiger partial charge in [0.05, 0.1) is 37.1 Å². The molecule has 2 aromatic heterocycles. The fraction of sp³-hybridized carbons (Fsp3) is 0.400. The van der Waals surface area contributed by atoms with E-state index in [9.17, 15) is 19.1 Å². The van der Waals surface area contributed by atoms with Gasteiger partial charge < -0.3 is 20.9 Å². The van der Waals surface area contributed by atoms with Crippen LogP contribution in [0, 0.1) is 12.7 Å². The summed E-state index contributed by atoms with van der Waals surface area (Å²) < 4.78 is 22.9. The van der Waals surface area contributed by atoms with Gasteiger partial charge in [-0.05, 0) is 37.5 Å². The van der Waals surface area contributed by atoms with Crippen LogP contribution in [0.1, 0.15) is 34.8 Å². The van der Waals surface area contributed by atoms with Gasteiger partial charge in [0.1, 0.15) is 11.3 Å². The van der Waals surface area contributed by atoms with Crippen LogP contribution in [-0.2, 0) is 11.8 Å². The molecular weight excluding hydrogens is 407 g/mol. The van der Waals surface area contributed by atoms with E-state index < -0.39 is 11.7 Å². The van der Waals surface area contributed by atoms with Gasteiger partial charge in [0, 0.05) is 12.7 Å². The molecular formula is C20H23FN6O4. The number of nitrogens with one attached hydrogen (secondary N) is 1. The van der Waals surface area contributed by atoms with Crippen molar-refractivity contribution >= 4 is 28.7 Å². The van der Waals surface area contributed by atoms with Gasteiger partial charge in [-0.25, -0.2) is 14.2 Å². The largest absolute Gasteiger partial charge is 0.394 e. The van der Waals surface area contributed by atoms with E-state index in [4.69, 9.17) is 10.5 Å². The maximum absolute atomic E-state index is 14.2. The summed E-state index contributed by atoms with van der Waals surface area (Å²) in [5.74, 6) is -1.43. The molecule has 0 aliphatic carbocycles. The number of anilines is 2. The number of nitrogens with zero attached hydrogens (tertiary/aromatic N) is 4. The number of aryl methyl sites for hydroxylation is 2. The first-order chi connectivity index (χ1) is 14.8. The van der Waals surface area contributed by atoms with E-state index in [0.29, 0.717) is 35.3 Å². The average molecular weight is 430 g/mol. The fourth-order valence-electron chi connectivity index (χ4n) is 3.79. The van der Waals surface area contributed by atoms with E-state index in [0.717, 1.165) is 6.07 Å². The maximum Gasteiger partial charge on any atom is 0.330 e. The molecule has 10 nitrogen and oxygen atoms in total. The van der Waals surface area contributed by atoms with E-state index in [1.807, 2.05) is 0 Å². The summed E-state index contributed by atoms with van der Waals surface area (Å²) in [6.45, 7) is 1.93. The van der Waals surface area contributed by atoms with Crippen molar-refractivity contribution in [2.75, 3.05) is 18.5 Å². The van der Waals surface area contributed by atoms with Crippen molar-refractivity contribution in [1.29, 1.82) is 0 Å². The summed E-state index contributed by atoms with van der Waals surface area (Å²) in [7, 11) is 1.64. The third-order valence-corrected chi connectivity index (χ3v) is 5.57. The van der Waals surface area contributed by atoms with Gasteiger partial charge in [-0.1, -0.05) is 0 Å². The smallest absolute Gasteiger partial charge is 0.330 e. The minimum atomic E-state index is -0.851. The first-order valence-corrected chi connectivity index (χ1v) is 9.83. The van der Waals surface area contributed by atoms with E-state index in [1.165, 1.54) is 16.8 Å². The molecule has 2 atom stereocenters. The number of aromatic nitrogens is 4. The Bertz CT molecular complexity index is 1210. The number of rotatable bonds is 5. The second-order valence-corrected chi connectivity index (χ2v) is 7.62. The molecule has 0 saturated carbocycles. The Balaban J connectivity index is 1.71. The Kier molecular flexibility index (Phi) is 5.46. The zero-order valence-corrected chi connectivity index (χ0v) is 17.1. The number of carbonyl (C=O) groups is 1. The second-order valence-electron chi connectivity index (χ2n) is 7.62. The number of fused-ring (bicyclic) bond motifs is 1. The van der Waals surface area contributed by atoms with Crippen LogP contribution in [-0.4, -0.2) is 49.4 Å². The predicted octanol–water partition coefficient (Wildman–Crippen LogP) is 1.13. The summed E-state index contributed by atoms with van der Waals surface area (Å²) >= 11 is 0. The monoisotopic (exact) mass is 430 g/mol. The molecule has 4 rings (SSSR count). The molecule has 1 saturated heterocycles. The predicted molar refractivity (Wildman–Crippen MR) is 111 cm³/mol. The Morgan fingerprint density at radius 3 is 2.84 bits per heavy atom. The lowest BCUT2D eigenvalue weighted by molar-refractivity contribution is -0.0389. The van der Waals surface area contributed by atoms with Crippen molar-refractivity contribution in [3.8, 4) is 0 Å². The van der Waals surface area contributed by atoms with Crippen LogP contribution in [0.25, 0.3) is 11.2 Å². The minimum absolute atomic E-state index is 0.0577. The molecule has 1 aromatic carbocycles. The van der Waals surface area contributed by atoms with Gasteiger partial charge in [-0.3, -0.25) is 13.9 Å². The average Bonchev–Trinajstić information content (AvgIpc) is 3.00. The van der Waals surface area contributed by atoms with Crippen LogP contribution < -0.4 is 16.7 Å². The fourth-order valence-corrected chi connectivity index (χ4v) is 3.79. The van der Waals surface area contributed by atoms with Gasteiger partial charge in [0.15, 0.2) is 5.65 Å². The van der Waals surface area contributed by atoms with Crippen molar-refractivity contribution < 1.29 is 19.0 Å². The molecule has 11 heteroatoms. The molecule has 3 heterocycles.